The maximum atomic E-state index is 12.2. The molecule has 1 heterocycles. The summed E-state index contributed by atoms with van der Waals surface area (Å²) in [7, 11) is 1.62. The summed E-state index contributed by atoms with van der Waals surface area (Å²) < 4.78 is 5.28. The van der Waals surface area contributed by atoms with Crippen molar-refractivity contribution in [1.29, 1.82) is 0 Å². The summed E-state index contributed by atoms with van der Waals surface area (Å²) >= 11 is 0. The van der Waals surface area contributed by atoms with Gasteiger partial charge in [-0.1, -0.05) is 18.2 Å². The molecule has 0 bridgehead atoms. The van der Waals surface area contributed by atoms with Gasteiger partial charge in [-0.25, -0.2) is 0 Å². The van der Waals surface area contributed by atoms with E-state index in [4.69, 9.17) is 4.74 Å². The van der Waals surface area contributed by atoms with E-state index in [1.54, 1.807) is 13.3 Å². The van der Waals surface area contributed by atoms with Crippen LogP contribution in [0.15, 0.2) is 36.5 Å². The number of fused-ring (bicyclic) bond motifs is 1. The van der Waals surface area contributed by atoms with Crippen LogP contribution in [0.5, 0.6) is 0 Å². The zero-order valence-electron chi connectivity index (χ0n) is 10.9. The van der Waals surface area contributed by atoms with E-state index in [0.717, 1.165) is 10.9 Å². The van der Waals surface area contributed by atoms with Gasteiger partial charge in [0.25, 0.3) is 0 Å². The van der Waals surface area contributed by atoms with Crippen LogP contribution in [0.3, 0.4) is 0 Å². The van der Waals surface area contributed by atoms with E-state index in [2.05, 4.69) is 4.98 Å². The molecule has 2 aromatic rings. The van der Waals surface area contributed by atoms with Crippen LogP contribution in [-0.2, 0) is 4.74 Å². The van der Waals surface area contributed by atoms with Crippen LogP contribution < -0.4 is 0 Å². The number of nitrogens with zero attached hydrogens (tertiary/aromatic N) is 1. The number of pyridine rings is 1. The van der Waals surface area contributed by atoms with Crippen LogP contribution >= 0.6 is 0 Å². The minimum atomic E-state index is -0.434. The number of ketones is 1. The predicted octanol–water partition coefficient (Wildman–Crippen LogP) is 3.23. The van der Waals surface area contributed by atoms with E-state index in [9.17, 15) is 4.79 Å². The molecule has 0 aliphatic heterocycles. The number of hydrogen-bond donors (Lipinski definition) is 0. The molecule has 0 aliphatic rings. The van der Waals surface area contributed by atoms with Gasteiger partial charge in [-0.15, -0.1) is 0 Å². The van der Waals surface area contributed by atoms with Crippen LogP contribution in [0.1, 0.15) is 30.6 Å². The van der Waals surface area contributed by atoms with Crippen LogP contribution in [-0.4, -0.2) is 23.5 Å². The molecule has 0 unspecified atom stereocenters. The molecule has 0 radical (unpaired) electrons. The molecule has 3 heteroatoms. The Bertz CT molecular complexity index is 575. The van der Waals surface area contributed by atoms with Crippen molar-refractivity contribution in [2.45, 2.75) is 25.9 Å². The molecule has 0 saturated carbocycles. The van der Waals surface area contributed by atoms with Crippen molar-refractivity contribution >= 4 is 16.7 Å². The molecular weight excluding hydrogens is 226 g/mol. The fraction of sp³-hybridized carbons (Fsp3) is 0.333. The predicted molar refractivity (Wildman–Crippen MR) is 71.8 cm³/mol. The summed E-state index contributed by atoms with van der Waals surface area (Å²) in [6.07, 6.45) is 2.09. The fourth-order valence-electron chi connectivity index (χ4n) is 1.80. The van der Waals surface area contributed by atoms with E-state index in [-0.39, 0.29) is 5.78 Å². The summed E-state index contributed by atoms with van der Waals surface area (Å²) in [6.45, 7) is 3.81. The van der Waals surface area contributed by atoms with Crippen LogP contribution in [0.4, 0.5) is 0 Å². The lowest BCUT2D eigenvalue weighted by molar-refractivity contribution is 0.0172. The van der Waals surface area contributed by atoms with Crippen molar-refractivity contribution in [2.75, 3.05) is 7.11 Å². The normalized spacial score (nSPS) is 11.7. The van der Waals surface area contributed by atoms with Gasteiger partial charge in [0.1, 0.15) is 0 Å². The molecular formula is C15H17NO2. The van der Waals surface area contributed by atoms with Crippen LogP contribution in [0.25, 0.3) is 10.9 Å². The van der Waals surface area contributed by atoms with E-state index < -0.39 is 5.60 Å². The molecule has 0 spiro atoms. The third-order valence-corrected chi connectivity index (χ3v) is 3.07. The smallest absolute Gasteiger partial charge is 0.165 e. The minimum Gasteiger partial charge on any atom is -0.378 e. The number of rotatable bonds is 4. The summed E-state index contributed by atoms with van der Waals surface area (Å²) in [5, 5.41) is 1.04. The van der Waals surface area contributed by atoms with E-state index in [1.807, 2.05) is 44.2 Å². The van der Waals surface area contributed by atoms with Crippen molar-refractivity contribution in [1.82, 2.24) is 4.98 Å². The Morgan fingerprint density at radius 3 is 2.83 bits per heavy atom. The molecule has 1 aromatic heterocycles. The number of ether oxygens (including phenoxy) is 1. The van der Waals surface area contributed by atoms with Gasteiger partial charge in [-0.2, -0.15) is 0 Å². The fourth-order valence-corrected chi connectivity index (χ4v) is 1.80. The van der Waals surface area contributed by atoms with Crippen molar-refractivity contribution < 1.29 is 9.53 Å². The Balaban J connectivity index is 2.28. The summed E-state index contributed by atoms with van der Waals surface area (Å²) in [5.41, 5.74) is 1.10. The maximum Gasteiger partial charge on any atom is 0.165 e. The number of hydrogen-bond acceptors (Lipinski definition) is 3. The highest BCUT2D eigenvalue weighted by Gasteiger charge is 2.22. The lowest BCUT2D eigenvalue weighted by Gasteiger charge is -2.21. The first-order valence-corrected chi connectivity index (χ1v) is 5.95. The quantitative estimate of drug-likeness (QED) is 0.774. The van der Waals surface area contributed by atoms with Gasteiger partial charge in [0.05, 0.1) is 11.1 Å². The van der Waals surface area contributed by atoms with E-state index >= 15 is 0 Å². The molecule has 0 N–H and O–H groups in total. The monoisotopic (exact) mass is 243 g/mol. The van der Waals surface area contributed by atoms with Gasteiger partial charge in [0.2, 0.25) is 0 Å². The summed E-state index contributed by atoms with van der Waals surface area (Å²) in [4.78, 5) is 16.4. The van der Waals surface area contributed by atoms with Crippen molar-refractivity contribution in [3.8, 4) is 0 Å². The number of aromatic nitrogens is 1. The van der Waals surface area contributed by atoms with Crippen LogP contribution in [0.2, 0.25) is 0 Å². The van der Waals surface area contributed by atoms with E-state index in [0.29, 0.717) is 12.0 Å². The first-order valence-electron chi connectivity index (χ1n) is 5.95. The molecule has 0 amide bonds. The number of carbonyl (C=O) groups excluding carboxylic acids is 1. The zero-order valence-corrected chi connectivity index (χ0v) is 10.9. The standard InChI is InChI=1S/C15H17NO2/c1-15(2,18-3)10-14(17)12-7-6-11-5-4-8-16-13(11)9-12/h4-9H,10H2,1-3H3. The second-order valence-corrected chi connectivity index (χ2v) is 4.97. The van der Waals surface area contributed by atoms with Gasteiger partial charge >= 0.3 is 0 Å². The summed E-state index contributed by atoms with van der Waals surface area (Å²) in [6, 6.07) is 9.48. The number of Topliss-reactive ketones (excluding diaryl/α,β-unsaturated/α-hetero) is 1. The van der Waals surface area contributed by atoms with Gasteiger partial charge in [-0.3, -0.25) is 9.78 Å². The third kappa shape index (κ3) is 2.74. The highest BCUT2D eigenvalue weighted by molar-refractivity contribution is 5.99. The zero-order chi connectivity index (χ0) is 13.2. The SMILES string of the molecule is COC(C)(C)CC(=O)c1ccc2cccnc2c1. The van der Waals surface area contributed by atoms with Gasteiger partial charge < -0.3 is 4.74 Å². The molecule has 0 saturated heterocycles. The topological polar surface area (TPSA) is 39.2 Å². The largest absolute Gasteiger partial charge is 0.378 e. The number of benzene rings is 1. The Hall–Kier alpha value is -1.74. The lowest BCUT2D eigenvalue weighted by atomic mass is 9.96. The molecule has 0 atom stereocenters. The lowest BCUT2D eigenvalue weighted by Crippen LogP contribution is -2.26. The van der Waals surface area contributed by atoms with E-state index in [1.165, 1.54) is 0 Å². The first kappa shape index (κ1) is 12.7. The van der Waals surface area contributed by atoms with Gasteiger partial charge in [0.15, 0.2) is 5.78 Å². The second-order valence-electron chi connectivity index (χ2n) is 4.97. The first-order chi connectivity index (χ1) is 8.52. The molecule has 3 nitrogen and oxygen atoms in total. The highest BCUT2D eigenvalue weighted by atomic mass is 16.5. The Kier molecular flexibility index (Phi) is 3.43. The maximum absolute atomic E-state index is 12.2. The van der Waals surface area contributed by atoms with Gasteiger partial charge in [-0.05, 0) is 26.0 Å². The Morgan fingerprint density at radius 1 is 1.33 bits per heavy atom. The number of carbonyl (C=O) groups is 1. The molecule has 94 valence electrons. The molecule has 0 aliphatic carbocycles. The minimum absolute atomic E-state index is 0.0782. The second kappa shape index (κ2) is 4.86. The highest BCUT2D eigenvalue weighted by Crippen LogP contribution is 2.19. The molecule has 1 aromatic carbocycles. The van der Waals surface area contributed by atoms with Gasteiger partial charge in [0, 0.05) is 30.7 Å². The Morgan fingerprint density at radius 2 is 2.11 bits per heavy atom. The van der Waals surface area contributed by atoms with Crippen LogP contribution in [0, 0.1) is 0 Å². The average molecular weight is 243 g/mol. The molecule has 18 heavy (non-hydrogen) atoms. The third-order valence-electron chi connectivity index (χ3n) is 3.07. The molecule has 2 rings (SSSR count). The van der Waals surface area contributed by atoms with Crippen molar-refractivity contribution in [2.24, 2.45) is 0 Å². The van der Waals surface area contributed by atoms with Crippen molar-refractivity contribution in [3.63, 3.8) is 0 Å². The molecule has 0 fully saturated rings. The summed E-state index contributed by atoms with van der Waals surface area (Å²) in [5.74, 6) is 0.0782. The average Bonchev–Trinajstić information content (AvgIpc) is 2.37. The van der Waals surface area contributed by atoms with Crippen molar-refractivity contribution in [3.05, 3.63) is 42.1 Å². The Labute approximate surface area is 107 Å². The number of methoxy groups -OCH3 is 1.